The van der Waals surface area contributed by atoms with Gasteiger partial charge in [0, 0.05) is 50.0 Å². The highest BCUT2D eigenvalue weighted by atomic mass is 16.5. The molecule has 3 rings (SSSR count). The third kappa shape index (κ3) is 8.23. The standard InChI is InChI=1S/C27H43N5O7/c1-5-6-18(31-25(38)27(10-13-39-14-11-27)32-24(37)26(2,3)4)22(35)30-19(15-16-9-12-28-21(16)34)20(33)23(36)29-17-7-8-17/h16-19H,5-15H2,1-4H3,(H,28,34)(H,29,36)(H,30,35)(H,31,38)(H,32,37)/t16-,18-,19-/m0/s1. The zero-order chi connectivity index (χ0) is 28.8. The van der Waals surface area contributed by atoms with E-state index in [-0.39, 0.29) is 56.8 Å². The van der Waals surface area contributed by atoms with Gasteiger partial charge in [0.1, 0.15) is 11.6 Å². The molecule has 2 saturated heterocycles. The smallest absolute Gasteiger partial charge is 0.289 e. The highest BCUT2D eigenvalue weighted by Gasteiger charge is 2.45. The van der Waals surface area contributed by atoms with Crippen LogP contribution in [-0.4, -0.2) is 78.7 Å². The van der Waals surface area contributed by atoms with E-state index in [9.17, 15) is 28.8 Å². The first-order valence-electron chi connectivity index (χ1n) is 14.0. The summed E-state index contributed by atoms with van der Waals surface area (Å²) in [5, 5.41) is 13.7. The Morgan fingerprint density at radius 3 is 2.23 bits per heavy atom. The zero-order valence-electron chi connectivity index (χ0n) is 23.4. The minimum atomic E-state index is -1.24. The van der Waals surface area contributed by atoms with Gasteiger partial charge in [0.05, 0.1) is 6.04 Å². The SMILES string of the molecule is CCC[C@H](NC(=O)C1(NC(=O)C(C)(C)C)CCOCC1)C(=O)N[C@@H](C[C@@H]1CCNC1=O)C(=O)C(=O)NC1CC1. The molecule has 39 heavy (non-hydrogen) atoms. The van der Waals surface area contributed by atoms with Crippen molar-refractivity contribution in [2.45, 2.75) is 103 Å². The van der Waals surface area contributed by atoms with Gasteiger partial charge in [-0.3, -0.25) is 28.8 Å². The zero-order valence-corrected chi connectivity index (χ0v) is 23.4. The van der Waals surface area contributed by atoms with Gasteiger partial charge in [0.2, 0.25) is 29.4 Å². The Morgan fingerprint density at radius 2 is 1.69 bits per heavy atom. The van der Waals surface area contributed by atoms with E-state index in [4.69, 9.17) is 4.74 Å². The fourth-order valence-electron chi connectivity index (χ4n) is 4.69. The number of carbonyl (C=O) groups excluding carboxylic acids is 6. The van der Waals surface area contributed by atoms with Crippen molar-refractivity contribution in [3.8, 4) is 0 Å². The lowest BCUT2D eigenvalue weighted by atomic mass is 9.85. The van der Waals surface area contributed by atoms with E-state index < -0.39 is 52.5 Å². The summed E-state index contributed by atoms with van der Waals surface area (Å²) in [5.74, 6) is -3.74. The fourth-order valence-corrected chi connectivity index (χ4v) is 4.69. The van der Waals surface area contributed by atoms with E-state index >= 15 is 0 Å². The van der Waals surface area contributed by atoms with Crippen LogP contribution in [0.15, 0.2) is 0 Å². The van der Waals surface area contributed by atoms with Gasteiger partial charge in [0.15, 0.2) is 0 Å². The van der Waals surface area contributed by atoms with Gasteiger partial charge in [0.25, 0.3) is 5.91 Å². The monoisotopic (exact) mass is 549 g/mol. The van der Waals surface area contributed by atoms with Crippen molar-refractivity contribution < 1.29 is 33.5 Å². The maximum absolute atomic E-state index is 13.6. The molecule has 3 fully saturated rings. The van der Waals surface area contributed by atoms with Gasteiger partial charge in [-0.05, 0) is 32.1 Å². The normalized spacial score (nSPS) is 22.2. The van der Waals surface area contributed by atoms with Crippen LogP contribution in [0.4, 0.5) is 0 Å². The van der Waals surface area contributed by atoms with Gasteiger partial charge in [-0.2, -0.15) is 0 Å². The lowest BCUT2D eigenvalue weighted by Crippen LogP contribution is -2.65. The molecule has 2 aliphatic heterocycles. The second kappa shape index (κ2) is 12.9. The van der Waals surface area contributed by atoms with E-state index in [0.29, 0.717) is 19.4 Å². The fraction of sp³-hybridized carbons (Fsp3) is 0.778. The Labute approximate surface area is 229 Å². The molecule has 1 saturated carbocycles. The third-order valence-electron chi connectivity index (χ3n) is 7.47. The molecule has 0 radical (unpaired) electrons. The van der Waals surface area contributed by atoms with Crippen molar-refractivity contribution in [3.05, 3.63) is 0 Å². The predicted octanol–water partition coefficient (Wildman–Crippen LogP) is -0.158. The highest BCUT2D eigenvalue weighted by molar-refractivity contribution is 6.38. The molecule has 0 aromatic carbocycles. The van der Waals surface area contributed by atoms with E-state index in [1.165, 1.54) is 0 Å². The first-order chi connectivity index (χ1) is 18.4. The van der Waals surface area contributed by atoms with Crippen molar-refractivity contribution in [2.24, 2.45) is 11.3 Å². The highest BCUT2D eigenvalue weighted by Crippen LogP contribution is 2.25. The first-order valence-corrected chi connectivity index (χ1v) is 14.0. The van der Waals surface area contributed by atoms with E-state index in [1.54, 1.807) is 20.8 Å². The Hall–Kier alpha value is -3.02. The van der Waals surface area contributed by atoms with Crippen LogP contribution in [-0.2, 0) is 33.5 Å². The minimum absolute atomic E-state index is 0.00972. The largest absolute Gasteiger partial charge is 0.381 e. The molecule has 3 aliphatic rings. The number of hydrogen-bond acceptors (Lipinski definition) is 7. The second-order valence-electron chi connectivity index (χ2n) is 11.9. The van der Waals surface area contributed by atoms with Crippen molar-refractivity contribution >= 4 is 35.3 Å². The van der Waals surface area contributed by atoms with Crippen LogP contribution in [0.1, 0.15) is 79.1 Å². The molecule has 0 spiro atoms. The van der Waals surface area contributed by atoms with Crippen LogP contribution < -0.4 is 26.6 Å². The Balaban J connectivity index is 1.75. The summed E-state index contributed by atoms with van der Waals surface area (Å²) in [6.07, 6.45) is 3.40. The molecule has 0 unspecified atom stereocenters. The van der Waals surface area contributed by atoms with Gasteiger partial charge in [-0.15, -0.1) is 0 Å². The van der Waals surface area contributed by atoms with Crippen molar-refractivity contribution in [1.29, 1.82) is 0 Å². The Kier molecular flexibility index (Phi) is 10.1. The molecule has 0 aromatic rings. The Morgan fingerprint density at radius 1 is 1.03 bits per heavy atom. The summed E-state index contributed by atoms with van der Waals surface area (Å²) in [6, 6.07) is -2.26. The van der Waals surface area contributed by atoms with Crippen LogP contribution in [0.3, 0.4) is 0 Å². The van der Waals surface area contributed by atoms with Crippen molar-refractivity contribution in [1.82, 2.24) is 26.6 Å². The molecule has 12 nitrogen and oxygen atoms in total. The molecule has 5 amide bonds. The number of nitrogens with one attached hydrogen (secondary N) is 5. The molecule has 3 atom stereocenters. The summed E-state index contributed by atoms with van der Waals surface area (Å²) in [7, 11) is 0. The molecular weight excluding hydrogens is 506 g/mol. The topological polar surface area (TPSA) is 172 Å². The first kappa shape index (κ1) is 30.5. The van der Waals surface area contributed by atoms with Crippen LogP contribution >= 0.6 is 0 Å². The average Bonchev–Trinajstić information content (AvgIpc) is 3.61. The molecule has 12 heteroatoms. The summed E-state index contributed by atoms with van der Waals surface area (Å²) >= 11 is 0. The number of ketones is 1. The molecular formula is C27H43N5O7. The number of hydrogen-bond donors (Lipinski definition) is 5. The molecule has 1 aliphatic carbocycles. The third-order valence-corrected chi connectivity index (χ3v) is 7.47. The molecule has 5 N–H and O–H groups in total. The number of carbonyl (C=O) groups is 6. The van der Waals surface area contributed by atoms with Gasteiger partial charge in [-0.1, -0.05) is 34.1 Å². The summed E-state index contributed by atoms with van der Waals surface area (Å²) in [4.78, 5) is 77.6. The summed E-state index contributed by atoms with van der Waals surface area (Å²) in [6.45, 7) is 8.13. The lowest BCUT2D eigenvalue weighted by molar-refractivity contribution is -0.143. The van der Waals surface area contributed by atoms with Gasteiger partial charge < -0.3 is 31.3 Å². The van der Waals surface area contributed by atoms with Crippen LogP contribution in [0.5, 0.6) is 0 Å². The second-order valence-corrected chi connectivity index (χ2v) is 11.9. The van der Waals surface area contributed by atoms with E-state index in [1.807, 2.05) is 6.92 Å². The van der Waals surface area contributed by atoms with Crippen molar-refractivity contribution in [3.63, 3.8) is 0 Å². The minimum Gasteiger partial charge on any atom is -0.381 e. The summed E-state index contributed by atoms with van der Waals surface area (Å²) in [5.41, 5.74) is -1.97. The van der Waals surface area contributed by atoms with Crippen LogP contribution in [0.2, 0.25) is 0 Å². The quantitative estimate of drug-likeness (QED) is 0.211. The molecule has 2 heterocycles. The molecule has 218 valence electrons. The number of ether oxygens (including phenoxy) is 1. The maximum Gasteiger partial charge on any atom is 0.289 e. The summed E-state index contributed by atoms with van der Waals surface area (Å²) < 4.78 is 5.43. The number of rotatable bonds is 12. The molecule has 0 bridgehead atoms. The Bertz CT molecular complexity index is 966. The average molecular weight is 550 g/mol. The van der Waals surface area contributed by atoms with E-state index in [2.05, 4.69) is 26.6 Å². The lowest BCUT2D eigenvalue weighted by Gasteiger charge is -2.39. The maximum atomic E-state index is 13.6. The van der Waals surface area contributed by atoms with Crippen molar-refractivity contribution in [2.75, 3.05) is 19.8 Å². The number of amides is 5. The van der Waals surface area contributed by atoms with Crippen LogP contribution in [0.25, 0.3) is 0 Å². The van der Waals surface area contributed by atoms with Gasteiger partial charge in [-0.25, -0.2) is 0 Å². The van der Waals surface area contributed by atoms with E-state index in [0.717, 1.165) is 12.8 Å². The predicted molar refractivity (Wildman–Crippen MR) is 141 cm³/mol. The van der Waals surface area contributed by atoms with Crippen LogP contribution in [0, 0.1) is 11.3 Å². The number of Topliss-reactive ketones (excluding diaryl/α,β-unsaturated/α-hetero) is 1. The molecule has 0 aromatic heterocycles. The van der Waals surface area contributed by atoms with Gasteiger partial charge >= 0.3 is 0 Å².